The van der Waals surface area contributed by atoms with Gasteiger partial charge in [0.05, 0.1) is 19.4 Å². The molecule has 1 saturated heterocycles. The van der Waals surface area contributed by atoms with Gasteiger partial charge >= 0.3 is 0 Å². The maximum absolute atomic E-state index is 5.44. The second-order valence-corrected chi connectivity index (χ2v) is 6.78. The maximum atomic E-state index is 5.44. The molecule has 1 aliphatic rings. The number of fused-ring (bicyclic) bond motifs is 1. The molecule has 0 amide bonds. The number of benzene rings is 2. The van der Waals surface area contributed by atoms with Crippen LogP contribution in [0, 0.1) is 0 Å². The summed E-state index contributed by atoms with van der Waals surface area (Å²) in [5, 5.41) is 7.80. The molecule has 6 nitrogen and oxygen atoms in total. The van der Waals surface area contributed by atoms with Crippen molar-refractivity contribution in [3.05, 3.63) is 73.1 Å². The quantitative estimate of drug-likeness (QED) is 0.588. The van der Waals surface area contributed by atoms with E-state index in [1.165, 1.54) is 5.69 Å². The van der Waals surface area contributed by atoms with Gasteiger partial charge in [-0.1, -0.05) is 30.3 Å². The Morgan fingerprint density at radius 3 is 2.46 bits per heavy atom. The van der Waals surface area contributed by atoms with Gasteiger partial charge in [-0.3, -0.25) is 0 Å². The van der Waals surface area contributed by atoms with Crippen LogP contribution in [-0.2, 0) is 4.74 Å². The second-order valence-electron chi connectivity index (χ2n) is 6.78. The summed E-state index contributed by atoms with van der Waals surface area (Å²) in [5.74, 6) is 0.797. The van der Waals surface area contributed by atoms with E-state index in [4.69, 9.17) is 9.72 Å². The van der Waals surface area contributed by atoms with Crippen molar-refractivity contribution in [3.8, 4) is 11.1 Å². The van der Waals surface area contributed by atoms with Crippen molar-refractivity contribution in [1.82, 2.24) is 14.6 Å². The normalized spacial score (nSPS) is 14.4. The van der Waals surface area contributed by atoms with Crippen molar-refractivity contribution in [2.24, 2.45) is 0 Å². The van der Waals surface area contributed by atoms with E-state index in [0.29, 0.717) is 0 Å². The Labute approximate surface area is 163 Å². The van der Waals surface area contributed by atoms with E-state index >= 15 is 0 Å². The van der Waals surface area contributed by atoms with Gasteiger partial charge in [0.15, 0.2) is 5.65 Å². The number of rotatable bonds is 4. The van der Waals surface area contributed by atoms with Crippen molar-refractivity contribution in [3.63, 3.8) is 0 Å². The molecule has 1 N–H and O–H groups in total. The lowest BCUT2D eigenvalue weighted by atomic mass is 10.1. The van der Waals surface area contributed by atoms with Crippen LogP contribution in [0.2, 0.25) is 0 Å². The summed E-state index contributed by atoms with van der Waals surface area (Å²) in [6, 6.07) is 20.6. The molecular weight excluding hydrogens is 350 g/mol. The fourth-order valence-corrected chi connectivity index (χ4v) is 3.48. The third kappa shape index (κ3) is 3.30. The molecule has 1 fully saturated rings. The van der Waals surface area contributed by atoms with Crippen LogP contribution < -0.4 is 10.2 Å². The predicted octanol–water partition coefficient (Wildman–Crippen LogP) is 3.98. The summed E-state index contributed by atoms with van der Waals surface area (Å²) in [4.78, 5) is 7.13. The largest absolute Gasteiger partial charge is 0.378 e. The lowest BCUT2D eigenvalue weighted by molar-refractivity contribution is 0.122. The van der Waals surface area contributed by atoms with Crippen molar-refractivity contribution >= 4 is 22.8 Å². The topological polar surface area (TPSA) is 54.7 Å². The molecule has 140 valence electrons. The van der Waals surface area contributed by atoms with Crippen molar-refractivity contribution < 1.29 is 4.74 Å². The van der Waals surface area contributed by atoms with Gasteiger partial charge in [0.2, 0.25) is 0 Å². The summed E-state index contributed by atoms with van der Waals surface area (Å²) >= 11 is 0. The first-order valence-corrected chi connectivity index (χ1v) is 9.46. The van der Waals surface area contributed by atoms with Gasteiger partial charge in [-0.05, 0) is 35.9 Å². The van der Waals surface area contributed by atoms with E-state index in [0.717, 1.165) is 54.6 Å². The molecule has 28 heavy (non-hydrogen) atoms. The molecule has 1 aliphatic heterocycles. The van der Waals surface area contributed by atoms with Crippen LogP contribution in [-0.4, -0.2) is 40.9 Å². The van der Waals surface area contributed by atoms with E-state index in [1.807, 2.05) is 48.8 Å². The number of aromatic nitrogens is 3. The zero-order valence-corrected chi connectivity index (χ0v) is 15.5. The predicted molar refractivity (Wildman–Crippen MR) is 111 cm³/mol. The van der Waals surface area contributed by atoms with Gasteiger partial charge in [-0.25, -0.2) is 9.50 Å². The van der Waals surface area contributed by atoms with Crippen LogP contribution in [0.1, 0.15) is 0 Å². The average molecular weight is 371 g/mol. The number of nitrogens with zero attached hydrogens (tertiary/aromatic N) is 4. The molecule has 0 atom stereocenters. The highest BCUT2D eigenvalue weighted by molar-refractivity contribution is 5.79. The summed E-state index contributed by atoms with van der Waals surface area (Å²) < 4.78 is 7.25. The van der Waals surface area contributed by atoms with Gasteiger partial charge in [-0.2, -0.15) is 5.10 Å². The van der Waals surface area contributed by atoms with E-state index < -0.39 is 0 Å². The number of anilines is 3. The van der Waals surface area contributed by atoms with Gasteiger partial charge in [-0.15, -0.1) is 0 Å². The molecule has 2 aromatic heterocycles. The first-order chi connectivity index (χ1) is 13.9. The smallest absolute Gasteiger partial charge is 0.165 e. The van der Waals surface area contributed by atoms with E-state index in [2.05, 4.69) is 39.6 Å². The molecule has 0 radical (unpaired) electrons. The Bertz CT molecular complexity index is 1070. The second kappa shape index (κ2) is 7.32. The fraction of sp³-hybridized carbons (Fsp3) is 0.182. The van der Waals surface area contributed by atoms with Gasteiger partial charge in [0, 0.05) is 36.2 Å². The first-order valence-electron chi connectivity index (χ1n) is 9.46. The highest BCUT2D eigenvalue weighted by atomic mass is 16.5. The number of hydrogen-bond donors (Lipinski definition) is 1. The average Bonchev–Trinajstić information content (AvgIpc) is 3.18. The van der Waals surface area contributed by atoms with E-state index in [-0.39, 0.29) is 0 Å². The number of para-hydroxylation sites is 1. The van der Waals surface area contributed by atoms with E-state index in [9.17, 15) is 0 Å². The molecule has 2 aromatic carbocycles. The first kappa shape index (κ1) is 16.8. The maximum Gasteiger partial charge on any atom is 0.165 e. The van der Waals surface area contributed by atoms with Gasteiger partial charge in [0.25, 0.3) is 0 Å². The minimum Gasteiger partial charge on any atom is -0.378 e. The molecule has 0 unspecified atom stereocenters. The van der Waals surface area contributed by atoms with Crippen molar-refractivity contribution in [2.45, 2.75) is 0 Å². The molecule has 0 bridgehead atoms. The third-order valence-corrected chi connectivity index (χ3v) is 4.97. The standard InChI is InChI=1S/C22H21N5O/c1-2-4-18(5-3-1)24-21-10-11-27-22(25-21)20(16-23-27)17-6-8-19(9-7-17)26-12-14-28-15-13-26/h1-11,16H,12-15H2,(H,24,25). The van der Waals surface area contributed by atoms with Gasteiger partial charge < -0.3 is 15.0 Å². The lowest BCUT2D eigenvalue weighted by Gasteiger charge is -2.28. The number of nitrogens with one attached hydrogen (secondary N) is 1. The summed E-state index contributed by atoms with van der Waals surface area (Å²) in [6.07, 6.45) is 3.80. The molecule has 3 heterocycles. The zero-order chi connectivity index (χ0) is 18.8. The highest BCUT2D eigenvalue weighted by Gasteiger charge is 2.13. The summed E-state index contributed by atoms with van der Waals surface area (Å²) in [5.41, 5.74) is 5.19. The van der Waals surface area contributed by atoms with Crippen LogP contribution in [0.4, 0.5) is 17.2 Å². The van der Waals surface area contributed by atoms with Crippen LogP contribution in [0.15, 0.2) is 73.1 Å². The Morgan fingerprint density at radius 2 is 1.68 bits per heavy atom. The molecular formula is C22H21N5O. The lowest BCUT2D eigenvalue weighted by Crippen LogP contribution is -2.36. The van der Waals surface area contributed by atoms with Crippen LogP contribution >= 0.6 is 0 Å². The highest BCUT2D eigenvalue weighted by Crippen LogP contribution is 2.27. The van der Waals surface area contributed by atoms with Crippen LogP contribution in [0.3, 0.4) is 0 Å². The van der Waals surface area contributed by atoms with Gasteiger partial charge in [0.1, 0.15) is 5.82 Å². The Balaban J connectivity index is 1.44. The number of morpholine rings is 1. The Hall–Kier alpha value is -3.38. The van der Waals surface area contributed by atoms with Crippen molar-refractivity contribution in [1.29, 1.82) is 0 Å². The summed E-state index contributed by atoms with van der Waals surface area (Å²) in [7, 11) is 0. The number of hydrogen-bond acceptors (Lipinski definition) is 5. The molecule has 5 rings (SSSR count). The molecule has 6 heteroatoms. The SMILES string of the molecule is c1ccc(Nc2ccn3ncc(-c4ccc(N5CCOCC5)cc4)c3n2)cc1. The van der Waals surface area contributed by atoms with Crippen molar-refractivity contribution in [2.75, 3.05) is 36.5 Å². The van der Waals surface area contributed by atoms with E-state index in [1.54, 1.807) is 4.52 Å². The molecule has 0 spiro atoms. The fourth-order valence-electron chi connectivity index (χ4n) is 3.48. The van der Waals surface area contributed by atoms with Crippen LogP contribution in [0.25, 0.3) is 16.8 Å². The zero-order valence-electron chi connectivity index (χ0n) is 15.5. The molecule has 4 aromatic rings. The minimum absolute atomic E-state index is 0.789. The Kier molecular flexibility index (Phi) is 4.39. The molecule has 0 aliphatic carbocycles. The monoisotopic (exact) mass is 371 g/mol. The van der Waals surface area contributed by atoms with Crippen LogP contribution in [0.5, 0.6) is 0 Å². The minimum atomic E-state index is 0.789. The summed E-state index contributed by atoms with van der Waals surface area (Å²) in [6.45, 7) is 3.45. The molecule has 0 saturated carbocycles. The Morgan fingerprint density at radius 1 is 0.893 bits per heavy atom. The number of ether oxygens (including phenoxy) is 1. The third-order valence-electron chi connectivity index (χ3n) is 4.97.